The zero-order valence-electron chi connectivity index (χ0n) is 23.1. The van der Waals surface area contributed by atoms with Gasteiger partial charge in [0, 0.05) is 47.2 Å². The lowest BCUT2D eigenvalue weighted by Gasteiger charge is -2.40. The smallest absolute Gasteiger partial charge is 0.192 e. The Morgan fingerprint density at radius 2 is 2.08 bits per heavy atom. The number of rotatable bonds is 6. The Morgan fingerprint density at radius 1 is 1.29 bits per heavy atom. The molecular weight excluding hydrogens is 478 g/mol. The maximum absolute atomic E-state index is 11.5. The van der Waals surface area contributed by atoms with E-state index in [1.165, 1.54) is 5.56 Å². The first kappa shape index (κ1) is 26.2. The van der Waals surface area contributed by atoms with Gasteiger partial charge in [0.2, 0.25) is 0 Å². The van der Waals surface area contributed by atoms with Gasteiger partial charge in [-0.25, -0.2) is 0 Å². The number of aromatic hydroxyl groups is 2. The number of nitrogens with one attached hydrogen (secondary N) is 2. The van der Waals surface area contributed by atoms with E-state index in [-0.39, 0.29) is 11.5 Å². The van der Waals surface area contributed by atoms with Crippen LogP contribution in [0.2, 0.25) is 0 Å². The fourth-order valence-corrected chi connectivity index (χ4v) is 6.32. The Bertz CT molecular complexity index is 1370. The van der Waals surface area contributed by atoms with E-state index in [1.54, 1.807) is 13.1 Å². The second-order valence-corrected chi connectivity index (χ2v) is 11.3. The fourth-order valence-electron chi connectivity index (χ4n) is 6.32. The molecule has 2 aliphatic rings. The molecule has 0 saturated carbocycles. The highest BCUT2D eigenvalue weighted by Gasteiger charge is 2.51. The highest BCUT2D eigenvalue weighted by atomic mass is 16.5. The molecule has 6 N–H and O–H groups in total. The first-order chi connectivity index (χ1) is 18.2. The van der Waals surface area contributed by atoms with Gasteiger partial charge in [0.15, 0.2) is 23.6 Å². The van der Waals surface area contributed by atoms with Crippen LogP contribution in [0.5, 0.6) is 17.2 Å². The van der Waals surface area contributed by atoms with Crippen molar-refractivity contribution < 1.29 is 14.9 Å². The second kappa shape index (κ2) is 10.1. The molecule has 0 amide bonds. The third kappa shape index (κ3) is 4.34. The van der Waals surface area contributed by atoms with Gasteiger partial charge in [-0.1, -0.05) is 40.2 Å². The molecule has 1 aromatic heterocycles. The largest absolute Gasteiger partial charge is 0.505 e. The summed E-state index contributed by atoms with van der Waals surface area (Å²) >= 11 is 0. The molecule has 0 spiro atoms. The zero-order chi connectivity index (χ0) is 27.2. The first-order valence-electron chi connectivity index (χ1n) is 13.8. The maximum atomic E-state index is 11.5. The van der Waals surface area contributed by atoms with Crippen LogP contribution in [-0.2, 0) is 11.8 Å². The van der Waals surface area contributed by atoms with Crippen molar-refractivity contribution >= 4 is 22.5 Å². The normalized spacial score (nSPS) is 24.5. The first-order valence-corrected chi connectivity index (χ1v) is 13.8. The van der Waals surface area contributed by atoms with E-state index in [9.17, 15) is 10.2 Å². The van der Waals surface area contributed by atoms with E-state index in [0.717, 1.165) is 55.5 Å². The van der Waals surface area contributed by atoms with Crippen molar-refractivity contribution in [3.63, 3.8) is 0 Å². The lowest BCUT2D eigenvalue weighted by Crippen LogP contribution is -2.45. The molecular formula is C30H41N5O3. The molecule has 0 aliphatic carbocycles. The molecule has 4 atom stereocenters. The van der Waals surface area contributed by atoms with E-state index in [1.807, 2.05) is 18.2 Å². The molecule has 0 bridgehead atoms. The quantitative estimate of drug-likeness (QED) is 0.220. The van der Waals surface area contributed by atoms with Crippen molar-refractivity contribution in [1.29, 1.82) is 0 Å². The molecule has 204 valence electrons. The number of aliphatic imine (C=N–C) groups is 1. The van der Waals surface area contributed by atoms with E-state index < -0.39 is 11.5 Å². The number of benzene rings is 2. The standard InChI is InChI=1S/C30H41N5O3/c1-6-17(3)16-35-13-12-30(4)24-18(14-20(35)7-2)8-11-23(36)27(24)38-28(30)25-26(37)21-15-19(33-29(31)32-5)9-10-22(21)34-25/h8-11,15,17,20,28,34,36-37H,6-7,12-14,16H2,1-5H3,(H3,31,32,33)/t17?,20?,28-,30+/m0/s1. The average molecular weight is 520 g/mol. The third-order valence-corrected chi connectivity index (χ3v) is 8.79. The van der Waals surface area contributed by atoms with Crippen LogP contribution in [0.15, 0.2) is 35.3 Å². The summed E-state index contributed by atoms with van der Waals surface area (Å²) in [5, 5.41) is 26.1. The number of phenolic OH excluding ortho intramolecular Hbond substituents is 1. The summed E-state index contributed by atoms with van der Waals surface area (Å²) in [6, 6.07) is 9.92. The van der Waals surface area contributed by atoms with Crippen molar-refractivity contribution in [1.82, 2.24) is 9.88 Å². The number of aromatic nitrogens is 1. The summed E-state index contributed by atoms with van der Waals surface area (Å²) in [7, 11) is 1.62. The number of aromatic amines is 1. The van der Waals surface area contributed by atoms with E-state index >= 15 is 0 Å². The van der Waals surface area contributed by atoms with Gasteiger partial charge >= 0.3 is 0 Å². The van der Waals surface area contributed by atoms with Crippen molar-refractivity contribution in [2.75, 3.05) is 25.5 Å². The predicted octanol–water partition coefficient (Wildman–Crippen LogP) is 5.40. The number of nitrogens with two attached hydrogens (primary N) is 1. The highest BCUT2D eigenvalue weighted by molar-refractivity contribution is 5.96. The van der Waals surface area contributed by atoms with Crippen molar-refractivity contribution in [2.24, 2.45) is 16.6 Å². The molecule has 2 aromatic carbocycles. The van der Waals surface area contributed by atoms with Crippen LogP contribution in [0, 0.1) is 5.92 Å². The van der Waals surface area contributed by atoms with Gasteiger partial charge < -0.3 is 31.0 Å². The van der Waals surface area contributed by atoms with Crippen LogP contribution in [0.4, 0.5) is 5.69 Å². The molecule has 38 heavy (non-hydrogen) atoms. The number of hydrogen-bond donors (Lipinski definition) is 5. The lowest BCUT2D eigenvalue weighted by molar-refractivity contribution is 0.102. The number of H-pyrrole nitrogens is 1. The molecule has 0 radical (unpaired) electrons. The number of nitrogens with zero attached hydrogens (tertiary/aromatic N) is 2. The minimum Gasteiger partial charge on any atom is -0.505 e. The van der Waals surface area contributed by atoms with Gasteiger partial charge in [-0.05, 0) is 61.6 Å². The number of anilines is 1. The average Bonchev–Trinajstić information content (AvgIpc) is 3.39. The maximum Gasteiger partial charge on any atom is 0.192 e. The number of guanidine groups is 1. The molecule has 2 unspecified atom stereocenters. The molecule has 5 rings (SSSR count). The summed E-state index contributed by atoms with van der Waals surface area (Å²) in [6.07, 6.45) is 3.51. The van der Waals surface area contributed by atoms with Crippen LogP contribution >= 0.6 is 0 Å². The van der Waals surface area contributed by atoms with Gasteiger partial charge in [-0.2, -0.15) is 0 Å². The van der Waals surface area contributed by atoms with Gasteiger partial charge in [-0.3, -0.25) is 9.89 Å². The predicted molar refractivity (Wildman–Crippen MR) is 153 cm³/mol. The fraction of sp³-hybridized carbons (Fsp3) is 0.500. The Hall–Kier alpha value is -3.39. The summed E-state index contributed by atoms with van der Waals surface area (Å²) in [4.78, 5) is 10.0. The van der Waals surface area contributed by atoms with E-state index in [2.05, 4.69) is 54.0 Å². The highest BCUT2D eigenvalue weighted by Crippen LogP contribution is 2.58. The Morgan fingerprint density at radius 3 is 2.79 bits per heavy atom. The molecule has 3 heterocycles. The number of hydrogen-bond acceptors (Lipinski definition) is 5. The van der Waals surface area contributed by atoms with Crippen molar-refractivity contribution in [3.05, 3.63) is 47.2 Å². The van der Waals surface area contributed by atoms with Crippen molar-refractivity contribution in [3.8, 4) is 17.2 Å². The van der Waals surface area contributed by atoms with Gasteiger partial charge in [0.05, 0.1) is 0 Å². The van der Waals surface area contributed by atoms with E-state index in [0.29, 0.717) is 34.7 Å². The number of phenols is 1. The Balaban J connectivity index is 1.59. The Kier molecular flexibility index (Phi) is 6.94. The molecule has 2 aliphatic heterocycles. The zero-order valence-corrected chi connectivity index (χ0v) is 23.1. The van der Waals surface area contributed by atoms with Crippen LogP contribution in [-0.4, -0.2) is 52.2 Å². The van der Waals surface area contributed by atoms with E-state index in [4.69, 9.17) is 10.5 Å². The lowest BCUT2D eigenvalue weighted by atomic mass is 9.71. The van der Waals surface area contributed by atoms with Gasteiger partial charge in [0.25, 0.3) is 0 Å². The summed E-state index contributed by atoms with van der Waals surface area (Å²) < 4.78 is 6.58. The molecule has 0 saturated heterocycles. The molecule has 3 aromatic rings. The third-order valence-electron chi connectivity index (χ3n) is 8.79. The summed E-state index contributed by atoms with van der Waals surface area (Å²) in [6.45, 7) is 11.1. The number of fused-ring (bicyclic) bond motifs is 1. The minimum absolute atomic E-state index is 0.152. The van der Waals surface area contributed by atoms with Crippen LogP contribution in [0.25, 0.3) is 10.9 Å². The van der Waals surface area contributed by atoms with Gasteiger partial charge in [-0.15, -0.1) is 0 Å². The molecule has 0 fully saturated rings. The Labute approximate surface area is 224 Å². The summed E-state index contributed by atoms with van der Waals surface area (Å²) in [5.74, 6) is 1.77. The van der Waals surface area contributed by atoms with Crippen molar-refractivity contribution in [2.45, 2.75) is 70.9 Å². The monoisotopic (exact) mass is 519 g/mol. The SMILES string of the molecule is CCC(C)CN1CC[C@]2(C)c3c(ccc(O)c3O[C@H]2c2[nH]c3ccc(NC(N)=NC)cc3c2O)CC1CC. The minimum atomic E-state index is -0.473. The topological polar surface area (TPSA) is 119 Å². The molecule has 8 heteroatoms. The molecule has 8 nitrogen and oxygen atoms in total. The van der Waals surface area contributed by atoms with Crippen LogP contribution in [0.3, 0.4) is 0 Å². The van der Waals surface area contributed by atoms with Crippen LogP contribution in [0.1, 0.15) is 69.9 Å². The summed E-state index contributed by atoms with van der Waals surface area (Å²) in [5.41, 5.74) is 9.88. The van der Waals surface area contributed by atoms with Gasteiger partial charge in [0.1, 0.15) is 11.4 Å². The second-order valence-electron chi connectivity index (χ2n) is 11.3. The number of ether oxygens (including phenoxy) is 1. The van der Waals surface area contributed by atoms with Crippen LogP contribution < -0.4 is 15.8 Å².